The number of hydrogen-bond acceptors (Lipinski definition) is 4. The Hall–Kier alpha value is -0.620. The lowest BCUT2D eigenvalue weighted by Crippen LogP contribution is -2.82. The van der Waals surface area contributed by atoms with Crippen molar-refractivity contribution in [2.45, 2.75) is 64.6 Å². The molecular formula is C18H29ClN2O2S. The van der Waals surface area contributed by atoms with E-state index in [1.807, 2.05) is 0 Å². The molecule has 2 aliphatic rings. The lowest BCUT2D eigenvalue weighted by Gasteiger charge is -2.65. The summed E-state index contributed by atoms with van der Waals surface area (Å²) in [7, 11) is 0. The zero-order valence-electron chi connectivity index (χ0n) is 14.9. The van der Waals surface area contributed by atoms with Crippen molar-refractivity contribution in [1.29, 1.82) is 0 Å². The van der Waals surface area contributed by atoms with E-state index in [1.165, 1.54) is 9.75 Å². The van der Waals surface area contributed by atoms with Gasteiger partial charge in [-0.1, -0.05) is 13.8 Å². The first-order valence-electron chi connectivity index (χ1n) is 8.53. The molecule has 1 aliphatic heterocycles. The summed E-state index contributed by atoms with van der Waals surface area (Å²) in [4.78, 5) is 15.5. The van der Waals surface area contributed by atoms with Gasteiger partial charge in [0.2, 0.25) is 5.91 Å². The zero-order chi connectivity index (χ0) is 16.8. The Balaban J connectivity index is 0.00000208. The van der Waals surface area contributed by atoms with E-state index in [1.54, 1.807) is 11.3 Å². The van der Waals surface area contributed by atoms with Gasteiger partial charge >= 0.3 is 0 Å². The van der Waals surface area contributed by atoms with Gasteiger partial charge in [0.25, 0.3) is 0 Å². The van der Waals surface area contributed by atoms with Gasteiger partial charge in [0, 0.05) is 40.2 Å². The van der Waals surface area contributed by atoms with Crippen molar-refractivity contribution >= 4 is 29.7 Å². The third-order valence-electron chi connectivity index (χ3n) is 5.74. The highest BCUT2D eigenvalue weighted by Gasteiger charge is 2.70. The van der Waals surface area contributed by atoms with E-state index in [0.717, 1.165) is 25.9 Å². The van der Waals surface area contributed by atoms with Gasteiger partial charge in [-0.3, -0.25) is 4.79 Å². The maximum Gasteiger partial charge on any atom is 0.241 e. The van der Waals surface area contributed by atoms with Crippen LogP contribution in [0.3, 0.4) is 0 Å². The van der Waals surface area contributed by atoms with Crippen LogP contribution in [-0.2, 0) is 16.0 Å². The number of aryl methyl sites for hydroxylation is 1. The number of halogens is 1. The van der Waals surface area contributed by atoms with Crippen molar-refractivity contribution in [3.63, 3.8) is 0 Å². The van der Waals surface area contributed by atoms with Gasteiger partial charge < -0.3 is 15.8 Å². The smallest absolute Gasteiger partial charge is 0.241 e. The minimum atomic E-state index is -0.822. The largest absolute Gasteiger partial charge is 0.377 e. The molecule has 0 bridgehead atoms. The Morgan fingerprint density at radius 2 is 2.21 bits per heavy atom. The number of carbonyl (C=O) groups excluding carboxylic acids is 1. The van der Waals surface area contributed by atoms with Crippen LogP contribution >= 0.6 is 23.7 Å². The second kappa shape index (κ2) is 6.94. The molecule has 1 aromatic heterocycles. The van der Waals surface area contributed by atoms with Crippen LogP contribution in [0.15, 0.2) is 12.1 Å². The number of nitrogens with two attached hydrogens (primary N) is 1. The summed E-state index contributed by atoms with van der Waals surface area (Å²) in [6.07, 6.45) is 2.94. The van der Waals surface area contributed by atoms with E-state index in [0.29, 0.717) is 0 Å². The maximum absolute atomic E-state index is 12.9. The normalized spacial score (nSPS) is 32.0. The van der Waals surface area contributed by atoms with Gasteiger partial charge in [-0.15, -0.1) is 23.7 Å². The molecule has 1 aromatic rings. The van der Waals surface area contributed by atoms with Crippen LogP contribution in [-0.4, -0.2) is 30.2 Å². The Kier molecular flexibility index (Phi) is 5.70. The first-order chi connectivity index (χ1) is 10.8. The van der Waals surface area contributed by atoms with Crippen molar-refractivity contribution in [3.8, 4) is 0 Å². The SMILES string of the molecule is Cc1ccc(CC(C)NC(=O)C2(N)C3CCCOC3C2(C)C)s1.Cl. The topological polar surface area (TPSA) is 64.4 Å². The van der Waals surface area contributed by atoms with Gasteiger partial charge in [-0.05, 0) is 38.8 Å². The summed E-state index contributed by atoms with van der Waals surface area (Å²) in [5, 5.41) is 3.16. The molecule has 2 heterocycles. The summed E-state index contributed by atoms with van der Waals surface area (Å²) >= 11 is 1.79. The van der Waals surface area contributed by atoms with Crippen molar-refractivity contribution in [2.24, 2.45) is 17.1 Å². The molecule has 4 nitrogen and oxygen atoms in total. The number of carbonyl (C=O) groups is 1. The Morgan fingerprint density at radius 3 is 2.83 bits per heavy atom. The summed E-state index contributed by atoms with van der Waals surface area (Å²) < 4.78 is 5.88. The standard InChI is InChI=1S/C18H28N2O2S.ClH/c1-11(10-13-8-7-12(2)23-13)20-16(21)18(19)14-6-5-9-22-15(14)17(18,3)4;/h7-8,11,14-15H,5-6,9-10,19H2,1-4H3,(H,20,21);1H. The molecule has 1 aliphatic carbocycles. The highest BCUT2D eigenvalue weighted by molar-refractivity contribution is 7.11. The molecule has 1 saturated carbocycles. The molecule has 3 rings (SSSR count). The van der Waals surface area contributed by atoms with Crippen LogP contribution in [0.2, 0.25) is 0 Å². The van der Waals surface area contributed by atoms with E-state index >= 15 is 0 Å². The minimum Gasteiger partial charge on any atom is -0.377 e. The first-order valence-corrected chi connectivity index (χ1v) is 9.35. The van der Waals surface area contributed by atoms with Crippen LogP contribution in [0, 0.1) is 18.3 Å². The fourth-order valence-electron chi connectivity index (χ4n) is 4.33. The average molecular weight is 373 g/mol. The Labute approximate surface area is 154 Å². The molecule has 2 fully saturated rings. The highest BCUT2D eigenvalue weighted by atomic mass is 35.5. The van der Waals surface area contributed by atoms with Crippen LogP contribution in [0.5, 0.6) is 0 Å². The second-order valence-corrected chi connectivity index (χ2v) is 9.09. The van der Waals surface area contributed by atoms with Gasteiger partial charge in [0.1, 0.15) is 5.54 Å². The molecule has 4 atom stereocenters. The number of nitrogens with one attached hydrogen (secondary N) is 1. The van der Waals surface area contributed by atoms with Crippen molar-refractivity contribution in [1.82, 2.24) is 5.32 Å². The van der Waals surface area contributed by atoms with Gasteiger partial charge in [0.05, 0.1) is 6.10 Å². The predicted molar refractivity (Wildman–Crippen MR) is 101 cm³/mol. The fourth-order valence-corrected chi connectivity index (χ4v) is 5.35. The third kappa shape index (κ3) is 3.00. The Bertz CT molecular complexity index is 604. The maximum atomic E-state index is 12.9. The van der Waals surface area contributed by atoms with E-state index in [4.69, 9.17) is 10.5 Å². The third-order valence-corrected chi connectivity index (χ3v) is 6.76. The number of rotatable bonds is 4. The molecule has 6 heteroatoms. The van der Waals surface area contributed by atoms with Crippen molar-refractivity contribution in [2.75, 3.05) is 6.61 Å². The summed E-state index contributed by atoms with van der Waals surface area (Å²) in [6, 6.07) is 4.34. The summed E-state index contributed by atoms with van der Waals surface area (Å²) in [5.41, 5.74) is 5.50. The monoisotopic (exact) mass is 372 g/mol. The summed E-state index contributed by atoms with van der Waals surface area (Å²) in [5.74, 6) is 0.123. The van der Waals surface area contributed by atoms with Crippen LogP contribution in [0.25, 0.3) is 0 Å². The molecule has 1 amide bonds. The van der Waals surface area contributed by atoms with Crippen LogP contribution in [0.4, 0.5) is 0 Å². The van der Waals surface area contributed by atoms with Gasteiger partial charge in [-0.2, -0.15) is 0 Å². The molecule has 136 valence electrons. The second-order valence-electron chi connectivity index (χ2n) is 7.72. The molecule has 3 N–H and O–H groups in total. The molecule has 4 unspecified atom stereocenters. The molecule has 1 saturated heterocycles. The fraction of sp³-hybridized carbons (Fsp3) is 0.722. The number of thiophene rings is 1. The average Bonchev–Trinajstić information content (AvgIpc) is 2.91. The minimum absolute atomic E-state index is 0. The number of fused-ring (bicyclic) bond motifs is 1. The predicted octanol–water partition coefficient (Wildman–Crippen LogP) is 3.06. The van der Waals surface area contributed by atoms with Gasteiger partial charge in [-0.25, -0.2) is 0 Å². The van der Waals surface area contributed by atoms with E-state index in [2.05, 4.69) is 45.1 Å². The highest BCUT2D eigenvalue weighted by Crippen LogP contribution is 2.57. The number of hydrogen-bond donors (Lipinski definition) is 2. The lowest BCUT2D eigenvalue weighted by molar-refractivity contribution is -0.225. The zero-order valence-corrected chi connectivity index (χ0v) is 16.6. The molecule has 0 aromatic carbocycles. The first kappa shape index (κ1) is 19.7. The van der Waals surface area contributed by atoms with Crippen molar-refractivity contribution < 1.29 is 9.53 Å². The molecule has 0 spiro atoms. The van der Waals surface area contributed by atoms with Gasteiger partial charge in [0.15, 0.2) is 0 Å². The molecular weight excluding hydrogens is 344 g/mol. The van der Waals surface area contributed by atoms with E-state index < -0.39 is 5.54 Å². The lowest BCUT2D eigenvalue weighted by atomic mass is 9.46. The Morgan fingerprint density at radius 1 is 1.50 bits per heavy atom. The molecule has 24 heavy (non-hydrogen) atoms. The van der Waals surface area contributed by atoms with Crippen molar-refractivity contribution in [3.05, 3.63) is 21.9 Å². The molecule has 0 radical (unpaired) electrons. The quantitative estimate of drug-likeness (QED) is 0.853. The number of amides is 1. The van der Waals surface area contributed by atoms with E-state index in [9.17, 15) is 4.79 Å². The summed E-state index contributed by atoms with van der Waals surface area (Å²) in [6.45, 7) is 9.07. The van der Waals surface area contributed by atoms with Crippen LogP contribution in [0.1, 0.15) is 43.4 Å². The van der Waals surface area contributed by atoms with Crippen LogP contribution < -0.4 is 11.1 Å². The number of ether oxygens (including phenoxy) is 1. The van der Waals surface area contributed by atoms with E-state index in [-0.39, 0.29) is 41.8 Å².